The van der Waals surface area contributed by atoms with Crippen molar-refractivity contribution in [1.29, 1.82) is 0 Å². The molecule has 0 unspecified atom stereocenters. The lowest BCUT2D eigenvalue weighted by Gasteiger charge is -2.37. The Balaban J connectivity index is 0.983. The van der Waals surface area contributed by atoms with Gasteiger partial charge in [-0.1, -0.05) is 48.7 Å². The van der Waals surface area contributed by atoms with Gasteiger partial charge in [0.1, 0.15) is 39.0 Å². The van der Waals surface area contributed by atoms with Crippen LogP contribution in [0.25, 0.3) is 11.2 Å². The number of benzene rings is 2. The molecule has 3 atom stereocenters. The maximum Gasteiger partial charge on any atom is 0.407 e. The number of hydrazone groups is 1. The summed E-state index contributed by atoms with van der Waals surface area (Å²) in [6, 6.07) is 10.6. The van der Waals surface area contributed by atoms with E-state index in [9.17, 15) is 23.2 Å². The quantitative estimate of drug-likeness (QED) is 0.0494. The van der Waals surface area contributed by atoms with Crippen molar-refractivity contribution in [3.8, 4) is 5.88 Å². The Morgan fingerprint density at radius 3 is 2.59 bits per heavy atom. The van der Waals surface area contributed by atoms with Crippen LogP contribution in [0.5, 0.6) is 5.88 Å². The van der Waals surface area contributed by atoms with Gasteiger partial charge in [0.2, 0.25) is 11.9 Å². The number of aryl methyl sites for hydroxylation is 1. The zero-order valence-electron chi connectivity index (χ0n) is 38.9. The van der Waals surface area contributed by atoms with Crippen LogP contribution in [0.1, 0.15) is 44.7 Å². The summed E-state index contributed by atoms with van der Waals surface area (Å²) in [4.78, 5) is 58.6. The monoisotopic (exact) mass is 977 g/mol. The van der Waals surface area contributed by atoms with Gasteiger partial charge < -0.3 is 39.6 Å². The lowest BCUT2D eigenvalue weighted by molar-refractivity contribution is -0.125. The largest absolute Gasteiger partial charge is 0.478 e. The number of anilines is 3. The molecule has 5 heterocycles. The highest BCUT2D eigenvalue weighted by atomic mass is 32.2. The highest BCUT2D eigenvalue weighted by Crippen LogP contribution is 2.51. The van der Waals surface area contributed by atoms with Gasteiger partial charge in [-0.05, 0) is 63.5 Å². The zero-order valence-corrected chi connectivity index (χ0v) is 39.8. The van der Waals surface area contributed by atoms with Crippen molar-refractivity contribution in [1.82, 2.24) is 50.0 Å². The number of methoxy groups -OCH3 is 1. The SMILES string of the molecule is C=CC(=O)N[C@@H]1CN(c2nc(Nc3cn(CCOCCON(C)C(=O)N4N=C(c5cc(F)ccc5F)S[C@@]4(CCCNC(=O)OC(C)(C)C)c4ccccc4)nc3OC)c3ncn(C)c3n2)C[C@H]1F. The lowest BCUT2D eigenvalue weighted by atomic mass is 10.0. The Hall–Kier alpha value is -6.92. The number of carbonyl (C=O) groups is 3. The molecule has 1 fully saturated rings. The summed E-state index contributed by atoms with van der Waals surface area (Å²) in [6.45, 7) is 9.47. The molecule has 0 aliphatic carbocycles. The van der Waals surface area contributed by atoms with Gasteiger partial charge in [-0.25, -0.2) is 32.8 Å². The van der Waals surface area contributed by atoms with Gasteiger partial charge >= 0.3 is 12.1 Å². The molecule has 3 N–H and O–H groups in total. The van der Waals surface area contributed by atoms with E-state index in [4.69, 9.17) is 19.0 Å². The molecule has 69 heavy (non-hydrogen) atoms. The van der Waals surface area contributed by atoms with Gasteiger partial charge in [0.05, 0.1) is 58.6 Å². The Morgan fingerprint density at radius 2 is 1.86 bits per heavy atom. The maximum atomic E-state index is 15.2. The first-order chi connectivity index (χ1) is 33.0. The number of amides is 4. The molecular weight excluding hydrogens is 924 g/mol. The number of rotatable bonds is 19. The third kappa shape index (κ3) is 11.9. The van der Waals surface area contributed by atoms with Crippen molar-refractivity contribution in [2.24, 2.45) is 12.1 Å². The minimum absolute atomic E-state index is 0.0376. The average Bonchev–Trinajstić information content (AvgIpc) is 4.11. The van der Waals surface area contributed by atoms with E-state index in [1.165, 1.54) is 19.2 Å². The third-order valence-electron chi connectivity index (χ3n) is 10.7. The third-order valence-corrected chi connectivity index (χ3v) is 12.2. The lowest BCUT2D eigenvalue weighted by Crippen LogP contribution is -2.47. The van der Waals surface area contributed by atoms with E-state index in [1.54, 1.807) is 66.6 Å². The Bertz CT molecular complexity index is 2680. The Kier molecular flexibility index (Phi) is 15.6. The molecule has 5 aromatic rings. The molecular formula is C45H54F3N13O7S. The van der Waals surface area contributed by atoms with Crippen molar-refractivity contribution < 1.29 is 46.6 Å². The minimum Gasteiger partial charge on any atom is -0.478 e. The molecule has 368 valence electrons. The van der Waals surface area contributed by atoms with Gasteiger partial charge in [0.25, 0.3) is 5.88 Å². The van der Waals surface area contributed by atoms with Crippen molar-refractivity contribution in [2.45, 2.75) is 62.8 Å². The normalized spacial score (nSPS) is 18.0. The van der Waals surface area contributed by atoms with Crippen molar-refractivity contribution in [3.63, 3.8) is 0 Å². The van der Waals surface area contributed by atoms with E-state index in [1.807, 2.05) is 18.2 Å². The van der Waals surface area contributed by atoms with Gasteiger partial charge in [-0.15, -0.1) is 5.10 Å². The second-order valence-corrected chi connectivity index (χ2v) is 18.2. The van der Waals surface area contributed by atoms with E-state index in [2.05, 4.69) is 47.7 Å². The summed E-state index contributed by atoms with van der Waals surface area (Å²) in [5.41, 5.74) is 1.22. The van der Waals surface area contributed by atoms with E-state index in [0.717, 1.165) is 41.1 Å². The van der Waals surface area contributed by atoms with Gasteiger partial charge in [-0.2, -0.15) is 20.1 Å². The van der Waals surface area contributed by atoms with E-state index >= 15 is 4.39 Å². The van der Waals surface area contributed by atoms with Crippen LogP contribution >= 0.6 is 11.8 Å². The predicted molar refractivity (Wildman–Crippen MR) is 251 cm³/mol. The van der Waals surface area contributed by atoms with Crippen molar-refractivity contribution in [3.05, 3.63) is 96.5 Å². The Morgan fingerprint density at radius 1 is 1.07 bits per heavy atom. The first-order valence-electron chi connectivity index (χ1n) is 21.9. The molecule has 2 aliphatic rings. The number of fused-ring (bicyclic) bond motifs is 1. The fourth-order valence-corrected chi connectivity index (χ4v) is 8.88. The molecule has 0 bridgehead atoms. The van der Waals surface area contributed by atoms with Crippen LogP contribution in [0, 0.1) is 11.6 Å². The second-order valence-electron chi connectivity index (χ2n) is 16.9. The summed E-state index contributed by atoms with van der Waals surface area (Å²) in [6.07, 6.45) is 2.98. The number of imidazole rings is 1. The molecule has 24 heteroatoms. The topological polar surface area (TPSA) is 208 Å². The molecule has 2 aromatic carbocycles. The molecule has 3 aromatic heterocycles. The number of alkyl halides is 1. The highest BCUT2D eigenvalue weighted by Gasteiger charge is 2.50. The minimum atomic E-state index is -1.36. The van der Waals surface area contributed by atoms with Crippen molar-refractivity contribution >= 4 is 63.5 Å². The number of carbonyl (C=O) groups excluding carboxylic acids is 3. The van der Waals surface area contributed by atoms with E-state index < -0.39 is 52.4 Å². The first-order valence-corrected chi connectivity index (χ1v) is 22.7. The summed E-state index contributed by atoms with van der Waals surface area (Å²) >= 11 is 1.09. The van der Waals surface area contributed by atoms with Crippen molar-refractivity contribution in [2.75, 3.05) is 63.8 Å². The number of thioether (sulfide) groups is 1. The van der Waals surface area contributed by atoms with E-state index in [0.29, 0.717) is 34.7 Å². The fraction of sp³-hybridized carbons (Fsp3) is 0.422. The molecule has 4 amide bonds. The Labute approximate surface area is 400 Å². The number of hydrogen-bond donors (Lipinski definition) is 3. The predicted octanol–water partition coefficient (Wildman–Crippen LogP) is 5.99. The maximum absolute atomic E-state index is 15.2. The first kappa shape index (κ1) is 50.0. The highest BCUT2D eigenvalue weighted by molar-refractivity contribution is 8.15. The van der Waals surface area contributed by atoms with Crippen LogP contribution in [0.3, 0.4) is 0 Å². The molecule has 0 saturated carbocycles. The molecule has 1 saturated heterocycles. The molecule has 2 aliphatic heterocycles. The zero-order chi connectivity index (χ0) is 49.5. The van der Waals surface area contributed by atoms with Crippen LogP contribution in [-0.4, -0.2) is 134 Å². The molecule has 0 radical (unpaired) electrons. The average molecular weight is 978 g/mol. The van der Waals surface area contributed by atoms with E-state index in [-0.39, 0.29) is 74.9 Å². The standard InChI is InChI=1S/C45H54F3N13O7S/c1-8-35(62)51-33-25-59(24-32(33)48)41-53-37(36-38(54-41)57(5)27-50-36)52-34-26-60(55-39(34)65-7)19-20-66-21-22-67-58(6)43(64)61-45(28-13-10-9-11-14-28,17-12-18-49-42(63)68-44(2,3)4)69-40(56-61)30-23-29(46)15-16-31(30)47/h8-11,13-16,23,26-27,32-33H,1,12,17-22,24-25H2,2-7H3,(H,49,63)(H,51,62)(H,52,53,54)/t32-,33-,45+/m1/s1. The summed E-state index contributed by atoms with van der Waals surface area (Å²) in [5, 5.41) is 20.0. The number of ether oxygens (including phenoxy) is 3. The number of urea groups is 1. The van der Waals surface area contributed by atoms with Crippen LogP contribution in [0.15, 0.2) is 78.8 Å². The number of nitrogens with one attached hydrogen (secondary N) is 3. The molecule has 7 rings (SSSR count). The summed E-state index contributed by atoms with van der Waals surface area (Å²) in [7, 11) is 4.65. The summed E-state index contributed by atoms with van der Waals surface area (Å²) in [5.74, 6) is -1.07. The summed E-state index contributed by atoms with van der Waals surface area (Å²) < 4.78 is 64.8. The fourth-order valence-electron chi connectivity index (χ4n) is 7.47. The van der Waals surface area contributed by atoms with Gasteiger partial charge in [-0.3, -0.25) is 14.3 Å². The van der Waals surface area contributed by atoms with Crippen LogP contribution in [0.4, 0.5) is 40.2 Å². The number of aromatic nitrogens is 6. The second kappa shape index (κ2) is 21.6. The number of hydrogen-bond acceptors (Lipinski definition) is 15. The molecule has 0 spiro atoms. The van der Waals surface area contributed by atoms with Gasteiger partial charge in [0.15, 0.2) is 17.0 Å². The number of alkyl carbamates (subject to hydrolysis) is 1. The van der Waals surface area contributed by atoms with Crippen LogP contribution in [0.2, 0.25) is 0 Å². The number of hydroxylamine groups is 2. The van der Waals surface area contributed by atoms with Crippen LogP contribution < -0.4 is 25.6 Å². The number of nitrogens with zero attached hydrogens (tertiary/aromatic N) is 10. The smallest absolute Gasteiger partial charge is 0.407 e. The van der Waals surface area contributed by atoms with Gasteiger partial charge in [0, 0.05) is 32.7 Å². The number of halogens is 3. The van der Waals surface area contributed by atoms with Crippen LogP contribution in [-0.2, 0) is 37.6 Å². The molecule has 20 nitrogen and oxygen atoms in total.